The molecular formula is C12H14ClNO3. The molecule has 2 atom stereocenters. The van der Waals surface area contributed by atoms with Crippen LogP contribution in [0.25, 0.3) is 0 Å². The Labute approximate surface area is 105 Å². The molecule has 2 unspecified atom stereocenters. The van der Waals surface area contributed by atoms with Crippen LogP contribution in [0.5, 0.6) is 5.75 Å². The van der Waals surface area contributed by atoms with Crippen LogP contribution >= 0.6 is 11.6 Å². The van der Waals surface area contributed by atoms with E-state index < -0.39 is 6.10 Å². The maximum Gasteiger partial charge on any atom is 0.253 e. The molecule has 0 aromatic heterocycles. The van der Waals surface area contributed by atoms with E-state index in [2.05, 4.69) is 5.32 Å². The number of amides is 1. The molecule has 2 rings (SSSR count). The van der Waals surface area contributed by atoms with Gasteiger partial charge in [-0.2, -0.15) is 0 Å². The highest BCUT2D eigenvalue weighted by Crippen LogP contribution is 2.27. The van der Waals surface area contributed by atoms with Crippen molar-refractivity contribution in [1.29, 1.82) is 0 Å². The smallest absolute Gasteiger partial charge is 0.253 e. The number of anilines is 1. The summed E-state index contributed by atoms with van der Waals surface area (Å²) in [6.45, 7) is 1.95. The normalized spacial score (nSPS) is 23.6. The third-order valence-corrected chi connectivity index (χ3v) is 3.06. The van der Waals surface area contributed by atoms with E-state index in [1.54, 1.807) is 6.07 Å². The molecule has 0 bridgehead atoms. The van der Waals surface area contributed by atoms with Gasteiger partial charge in [0.15, 0.2) is 0 Å². The number of ether oxygens (including phenoxy) is 1. The van der Waals surface area contributed by atoms with E-state index in [0.717, 1.165) is 12.8 Å². The van der Waals surface area contributed by atoms with Crippen molar-refractivity contribution in [3.05, 3.63) is 23.2 Å². The van der Waals surface area contributed by atoms with Crippen LogP contribution in [0.1, 0.15) is 19.8 Å². The Balaban J connectivity index is 2.00. The number of hydrogen-bond donors (Lipinski definition) is 2. The van der Waals surface area contributed by atoms with Gasteiger partial charge >= 0.3 is 0 Å². The van der Waals surface area contributed by atoms with Gasteiger partial charge in [-0.1, -0.05) is 11.6 Å². The predicted octanol–water partition coefficient (Wildman–Crippen LogP) is 2.55. The van der Waals surface area contributed by atoms with E-state index in [1.807, 2.05) is 6.92 Å². The molecule has 1 fully saturated rings. The zero-order valence-corrected chi connectivity index (χ0v) is 10.2. The summed E-state index contributed by atoms with van der Waals surface area (Å²) in [5.74, 6) is -0.235. The molecule has 92 valence electrons. The summed E-state index contributed by atoms with van der Waals surface area (Å²) >= 11 is 5.68. The summed E-state index contributed by atoms with van der Waals surface area (Å²) in [7, 11) is 0. The highest BCUT2D eigenvalue weighted by molar-refractivity contribution is 6.32. The van der Waals surface area contributed by atoms with E-state index in [4.69, 9.17) is 16.3 Å². The number of hydrogen-bond acceptors (Lipinski definition) is 3. The van der Waals surface area contributed by atoms with Crippen LogP contribution < -0.4 is 5.32 Å². The van der Waals surface area contributed by atoms with Gasteiger partial charge in [0.05, 0.1) is 11.1 Å². The van der Waals surface area contributed by atoms with Crippen LogP contribution in [-0.4, -0.2) is 23.2 Å². The number of rotatable bonds is 2. The summed E-state index contributed by atoms with van der Waals surface area (Å²) in [5.41, 5.74) is 0.514. The minimum absolute atomic E-state index is 0.0508. The van der Waals surface area contributed by atoms with E-state index in [0.29, 0.717) is 5.69 Å². The Bertz CT molecular complexity index is 436. The molecule has 1 aliphatic heterocycles. The molecule has 0 aliphatic carbocycles. The molecule has 1 aromatic rings. The second-order valence-corrected chi connectivity index (χ2v) is 4.58. The Morgan fingerprint density at radius 3 is 2.88 bits per heavy atom. The number of benzene rings is 1. The monoisotopic (exact) mass is 255 g/mol. The summed E-state index contributed by atoms with van der Waals surface area (Å²) < 4.78 is 5.45. The average molecular weight is 256 g/mol. The molecular weight excluding hydrogens is 242 g/mol. The number of nitrogens with one attached hydrogen (secondary N) is 1. The quantitative estimate of drug-likeness (QED) is 0.854. The van der Waals surface area contributed by atoms with Gasteiger partial charge in [-0.25, -0.2) is 0 Å². The van der Waals surface area contributed by atoms with Crippen molar-refractivity contribution in [1.82, 2.24) is 0 Å². The highest BCUT2D eigenvalue weighted by atomic mass is 35.5. The third-order valence-electron chi connectivity index (χ3n) is 2.74. The van der Waals surface area contributed by atoms with Gasteiger partial charge in [-0.3, -0.25) is 4.79 Å². The van der Waals surface area contributed by atoms with Crippen molar-refractivity contribution < 1.29 is 14.6 Å². The number of carbonyl (C=O) groups is 1. The topological polar surface area (TPSA) is 58.6 Å². The lowest BCUT2D eigenvalue weighted by Gasteiger charge is -2.12. The molecule has 1 heterocycles. The number of aromatic hydroxyl groups is 1. The minimum atomic E-state index is -0.400. The first kappa shape index (κ1) is 12.2. The molecule has 5 heteroatoms. The second-order valence-electron chi connectivity index (χ2n) is 4.17. The van der Waals surface area contributed by atoms with Gasteiger partial charge in [-0.15, -0.1) is 0 Å². The molecule has 1 saturated heterocycles. The third kappa shape index (κ3) is 2.90. The van der Waals surface area contributed by atoms with Gasteiger partial charge < -0.3 is 15.2 Å². The summed E-state index contributed by atoms with van der Waals surface area (Å²) in [5, 5.41) is 12.4. The van der Waals surface area contributed by atoms with Gasteiger partial charge in [0.25, 0.3) is 5.91 Å². The second kappa shape index (κ2) is 4.94. The fourth-order valence-electron chi connectivity index (χ4n) is 1.81. The van der Waals surface area contributed by atoms with Crippen LogP contribution in [-0.2, 0) is 9.53 Å². The molecule has 17 heavy (non-hydrogen) atoms. The van der Waals surface area contributed by atoms with E-state index in [9.17, 15) is 9.90 Å². The molecule has 2 N–H and O–H groups in total. The molecule has 0 spiro atoms. The zero-order chi connectivity index (χ0) is 12.4. The maximum absolute atomic E-state index is 11.8. The Kier molecular flexibility index (Phi) is 3.54. The van der Waals surface area contributed by atoms with E-state index >= 15 is 0 Å². The van der Waals surface area contributed by atoms with Crippen LogP contribution in [0.2, 0.25) is 5.02 Å². The first-order chi connectivity index (χ1) is 8.06. The molecule has 1 aromatic carbocycles. The van der Waals surface area contributed by atoms with Gasteiger partial charge in [0.2, 0.25) is 0 Å². The minimum Gasteiger partial charge on any atom is -0.506 e. The lowest BCUT2D eigenvalue weighted by Crippen LogP contribution is -2.27. The Morgan fingerprint density at radius 1 is 1.53 bits per heavy atom. The van der Waals surface area contributed by atoms with Crippen molar-refractivity contribution >= 4 is 23.2 Å². The van der Waals surface area contributed by atoms with Gasteiger partial charge in [0.1, 0.15) is 11.9 Å². The van der Waals surface area contributed by atoms with Gasteiger partial charge in [0, 0.05) is 11.8 Å². The number of phenols is 1. The number of halogens is 1. The molecule has 4 nitrogen and oxygen atoms in total. The summed E-state index contributed by atoms with van der Waals surface area (Å²) in [6, 6.07) is 4.58. The zero-order valence-electron chi connectivity index (χ0n) is 9.44. The standard InChI is InChI=1S/C12H14ClNO3/c1-7-2-5-11(17-7)12(16)14-8-3-4-9(13)10(15)6-8/h3-4,6-7,11,15H,2,5H2,1H3,(H,14,16). The fourth-order valence-corrected chi connectivity index (χ4v) is 1.93. The lowest BCUT2D eigenvalue weighted by atomic mass is 10.2. The first-order valence-electron chi connectivity index (χ1n) is 5.51. The number of carbonyl (C=O) groups excluding carboxylic acids is 1. The van der Waals surface area contributed by atoms with Crippen LogP contribution in [0.4, 0.5) is 5.69 Å². The molecule has 0 saturated carbocycles. The highest BCUT2D eigenvalue weighted by Gasteiger charge is 2.28. The van der Waals surface area contributed by atoms with Crippen molar-refractivity contribution in [3.63, 3.8) is 0 Å². The molecule has 0 radical (unpaired) electrons. The van der Waals surface area contributed by atoms with E-state index in [1.165, 1.54) is 12.1 Å². The van der Waals surface area contributed by atoms with Crippen molar-refractivity contribution in [2.75, 3.05) is 5.32 Å². The maximum atomic E-state index is 11.8. The van der Waals surface area contributed by atoms with Crippen molar-refractivity contribution in [2.24, 2.45) is 0 Å². The van der Waals surface area contributed by atoms with Crippen LogP contribution in [0.15, 0.2) is 18.2 Å². The molecule has 1 amide bonds. The van der Waals surface area contributed by atoms with Gasteiger partial charge in [-0.05, 0) is 31.9 Å². The fraction of sp³-hybridized carbons (Fsp3) is 0.417. The first-order valence-corrected chi connectivity index (χ1v) is 5.89. The Hall–Kier alpha value is -1.26. The van der Waals surface area contributed by atoms with Crippen LogP contribution in [0.3, 0.4) is 0 Å². The number of phenolic OH excluding ortho intramolecular Hbond substituents is 1. The van der Waals surface area contributed by atoms with Crippen molar-refractivity contribution in [2.45, 2.75) is 32.0 Å². The summed E-state index contributed by atoms with van der Waals surface area (Å²) in [6.07, 6.45) is 1.35. The summed E-state index contributed by atoms with van der Waals surface area (Å²) in [4.78, 5) is 11.8. The van der Waals surface area contributed by atoms with Crippen molar-refractivity contribution in [3.8, 4) is 5.75 Å². The predicted molar refractivity (Wildman–Crippen MR) is 65.3 cm³/mol. The SMILES string of the molecule is CC1CCC(C(=O)Nc2ccc(Cl)c(O)c2)O1. The largest absolute Gasteiger partial charge is 0.506 e. The average Bonchev–Trinajstić information content (AvgIpc) is 2.70. The molecule has 1 aliphatic rings. The lowest BCUT2D eigenvalue weighted by molar-refractivity contribution is -0.126. The van der Waals surface area contributed by atoms with Crippen LogP contribution in [0, 0.1) is 0 Å². The Morgan fingerprint density at radius 2 is 2.29 bits per heavy atom. The van der Waals surface area contributed by atoms with E-state index in [-0.39, 0.29) is 22.8 Å².